The average Bonchev–Trinajstić information content (AvgIpc) is 3.24. The maximum atomic E-state index is 12.9. The van der Waals surface area contributed by atoms with Gasteiger partial charge in [0.1, 0.15) is 17.8 Å². The van der Waals surface area contributed by atoms with Crippen LogP contribution in [0.1, 0.15) is 44.9 Å². The van der Waals surface area contributed by atoms with Crippen LogP contribution in [-0.4, -0.2) is 32.6 Å². The van der Waals surface area contributed by atoms with E-state index in [4.69, 9.17) is 5.11 Å². The largest absolute Gasteiger partial charge is 0.478 e. The molecule has 0 saturated heterocycles. The molecule has 8 nitrogen and oxygen atoms in total. The second-order valence-corrected chi connectivity index (χ2v) is 6.57. The number of benzene rings is 2. The summed E-state index contributed by atoms with van der Waals surface area (Å²) in [6.07, 6.45) is 2.52. The van der Waals surface area contributed by atoms with Crippen molar-refractivity contribution >= 4 is 17.9 Å². The van der Waals surface area contributed by atoms with Gasteiger partial charge in [0.25, 0.3) is 5.91 Å². The highest BCUT2D eigenvalue weighted by Gasteiger charge is 2.16. The number of imidazole rings is 1. The number of carbonyl (C=O) groups excluding carboxylic acids is 2. The zero-order chi connectivity index (χ0) is 21.7. The Labute approximate surface area is 171 Å². The second-order valence-electron chi connectivity index (χ2n) is 6.57. The number of rotatable bonds is 6. The van der Waals surface area contributed by atoms with Crippen LogP contribution in [0.15, 0.2) is 61.1 Å². The number of nitrogens with one attached hydrogen (secondary N) is 2. The molecule has 0 spiro atoms. The summed E-state index contributed by atoms with van der Waals surface area (Å²) < 4.78 is 14.1. The predicted octanol–water partition coefficient (Wildman–Crippen LogP) is 2.97. The van der Waals surface area contributed by atoms with Gasteiger partial charge in [0.2, 0.25) is 0 Å². The summed E-state index contributed by atoms with van der Waals surface area (Å²) in [4.78, 5) is 39.5. The van der Waals surface area contributed by atoms with Gasteiger partial charge in [-0.3, -0.25) is 9.36 Å². The molecule has 0 bridgehead atoms. The molecule has 1 atom stereocenters. The topological polar surface area (TPSA) is 113 Å². The van der Waals surface area contributed by atoms with Gasteiger partial charge in [-0.1, -0.05) is 24.3 Å². The van der Waals surface area contributed by atoms with Crippen molar-refractivity contribution in [1.82, 2.24) is 20.2 Å². The third-order valence-electron chi connectivity index (χ3n) is 4.41. The summed E-state index contributed by atoms with van der Waals surface area (Å²) in [6.45, 7) is 1.95. The quantitative estimate of drug-likeness (QED) is 0.578. The molecular formula is C21H19FN4O4. The first-order valence-corrected chi connectivity index (χ1v) is 9.04. The lowest BCUT2D eigenvalue weighted by molar-refractivity contribution is 0.0696. The molecule has 154 valence electrons. The van der Waals surface area contributed by atoms with Crippen LogP contribution in [0.25, 0.3) is 0 Å². The highest BCUT2D eigenvalue weighted by Crippen LogP contribution is 2.14. The molecule has 0 saturated carbocycles. The molecule has 9 heteroatoms. The Morgan fingerprint density at radius 1 is 1.10 bits per heavy atom. The minimum Gasteiger partial charge on any atom is -0.478 e. The number of aromatic carboxylic acids is 1. The van der Waals surface area contributed by atoms with E-state index in [2.05, 4.69) is 15.6 Å². The van der Waals surface area contributed by atoms with Crippen LogP contribution in [0.5, 0.6) is 0 Å². The molecule has 0 aliphatic rings. The molecule has 0 aliphatic heterocycles. The van der Waals surface area contributed by atoms with Crippen LogP contribution >= 0.6 is 0 Å². The van der Waals surface area contributed by atoms with E-state index in [1.54, 1.807) is 31.2 Å². The van der Waals surface area contributed by atoms with Crippen LogP contribution < -0.4 is 10.6 Å². The third-order valence-corrected chi connectivity index (χ3v) is 4.41. The van der Waals surface area contributed by atoms with Gasteiger partial charge in [-0.25, -0.2) is 19.0 Å². The van der Waals surface area contributed by atoms with Gasteiger partial charge in [0.15, 0.2) is 0 Å². The molecular weight excluding hydrogens is 391 g/mol. The van der Waals surface area contributed by atoms with Crippen molar-refractivity contribution in [2.24, 2.45) is 0 Å². The Bertz CT molecular complexity index is 1060. The summed E-state index contributed by atoms with van der Waals surface area (Å²) in [6, 6.07) is 11.0. The fourth-order valence-corrected chi connectivity index (χ4v) is 2.69. The molecule has 0 aliphatic carbocycles. The number of carboxylic acids is 1. The lowest BCUT2D eigenvalue weighted by atomic mass is 10.1. The van der Waals surface area contributed by atoms with Gasteiger partial charge in [0.05, 0.1) is 11.6 Å². The highest BCUT2D eigenvalue weighted by atomic mass is 19.1. The second kappa shape index (κ2) is 8.99. The first-order valence-electron chi connectivity index (χ1n) is 9.04. The average molecular weight is 410 g/mol. The van der Waals surface area contributed by atoms with Gasteiger partial charge in [-0.2, -0.15) is 0 Å². The summed E-state index contributed by atoms with van der Waals surface area (Å²) in [5.41, 5.74) is 1.67. The van der Waals surface area contributed by atoms with E-state index < -0.39 is 23.9 Å². The van der Waals surface area contributed by atoms with E-state index in [0.29, 0.717) is 0 Å². The Hall–Kier alpha value is -4.01. The van der Waals surface area contributed by atoms with E-state index in [1.807, 2.05) is 0 Å². The molecule has 3 N–H and O–H groups in total. The molecule has 2 amide bonds. The molecule has 30 heavy (non-hydrogen) atoms. The number of carbonyl (C=O) groups is 3. The van der Waals surface area contributed by atoms with Crippen molar-refractivity contribution in [2.45, 2.75) is 19.5 Å². The number of hydrogen-bond donors (Lipinski definition) is 3. The zero-order valence-corrected chi connectivity index (χ0v) is 16.0. The van der Waals surface area contributed by atoms with Crippen molar-refractivity contribution in [1.29, 1.82) is 0 Å². The van der Waals surface area contributed by atoms with Crippen molar-refractivity contribution in [3.8, 4) is 0 Å². The van der Waals surface area contributed by atoms with Gasteiger partial charge < -0.3 is 15.7 Å². The number of nitrogens with zero attached hydrogens (tertiary/aromatic N) is 2. The molecule has 3 aromatic rings. The number of carboxylic acid groups (broad SMARTS) is 1. The molecule has 0 radical (unpaired) electrons. The maximum absolute atomic E-state index is 12.9. The standard InChI is InChI=1S/C21H19FN4O4/c1-13(15-4-6-16(7-5-15)20(28)29)25-19(27)18-11-26(12-24-18)21(30)23-10-14-2-8-17(22)9-3-14/h2-9,11-13H,10H2,1H3,(H,23,30)(H,25,27)(H,28,29). The highest BCUT2D eigenvalue weighted by molar-refractivity contribution is 5.93. The Morgan fingerprint density at radius 3 is 2.40 bits per heavy atom. The van der Waals surface area contributed by atoms with Gasteiger partial charge in [-0.05, 0) is 42.3 Å². The molecule has 1 unspecified atom stereocenters. The van der Waals surface area contributed by atoms with Gasteiger partial charge in [0, 0.05) is 12.7 Å². The summed E-state index contributed by atoms with van der Waals surface area (Å²) in [5, 5.41) is 14.3. The molecule has 1 aromatic heterocycles. The first-order chi connectivity index (χ1) is 14.3. The van der Waals surface area contributed by atoms with E-state index in [-0.39, 0.29) is 23.6 Å². The normalized spacial score (nSPS) is 11.5. The fraction of sp³-hybridized carbons (Fsp3) is 0.143. The first kappa shape index (κ1) is 20.7. The fourth-order valence-electron chi connectivity index (χ4n) is 2.69. The third kappa shape index (κ3) is 5.07. The molecule has 1 heterocycles. The maximum Gasteiger partial charge on any atom is 0.335 e. The molecule has 0 fully saturated rings. The van der Waals surface area contributed by atoms with Crippen LogP contribution in [-0.2, 0) is 6.54 Å². The number of amides is 2. The minimum absolute atomic E-state index is 0.0564. The van der Waals surface area contributed by atoms with Crippen molar-refractivity contribution < 1.29 is 23.9 Å². The van der Waals surface area contributed by atoms with Crippen molar-refractivity contribution in [3.05, 3.63) is 89.3 Å². The van der Waals surface area contributed by atoms with Crippen LogP contribution in [0.2, 0.25) is 0 Å². The van der Waals surface area contributed by atoms with Crippen LogP contribution in [0.4, 0.5) is 9.18 Å². The summed E-state index contributed by atoms with van der Waals surface area (Å²) in [5.74, 6) is -1.86. The molecule has 3 rings (SSSR count). The number of hydrogen-bond acceptors (Lipinski definition) is 4. The van der Waals surface area contributed by atoms with E-state index in [0.717, 1.165) is 15.7 Å². The van der Waals surface area contributed by atoms with Gasteiger partial charge in [-0.15, -0.1) is 0 Å². The summed E-state index contributed by atoms with van der Waals surface area (Å²) in [7, 11) is 0. The van der Waals surface area contributed by atoms with E-state index in [9.17, 15) is 18.8 Å². The van der Waals surface area contributed by atoms with Crippen LogP contribution in [0.3, 0.4) is 0 Å². The Balaban J connectivity index is 1.57. The summed E-state index contributed by atoms with van der Waals surface area (Å²) >= 11 is 0. The lowest BCUT2D eigenvalue weighted by Gasteiger charge is -2.13. The van der Waals surface area contributed by atoms with Crippen molar-refractivity contribution in [3.63, 3.8) is 0 Å². The number of aromatic nitrogens is 2. The van der Waals surface area contributed by atoms with E-state index in [1.165, 1.54) is 36.8 Å². The van der Waals surface area contributed by atoms with Crippen LogP contribution in [0, 0.1) is 5.82 Å². The van der Waals surface area contributed by atoms with Gasteiger partial charge >= 0.3 is 12.0 Å². The Morgan fingerprint density at radius 2 is 1.77 bits per heavy atom. The minimum atomic E-state index is -1.03. The van der Waals surface area contributed by atoms with Crippen molar-refractivity contribution in [2.75, 3.05) is 0 Å². The Kier molecular flexibility index (Phi) is 6.21. The monoisotopic (exact) mass is 410 g/mol. The molecule has 2 aromatic carbocycles. The number of halogens is 1. The zero-order valence-electron chi connectivity index (χ0n) is 16.0. The smallest absolute Gasteiger partial charge is 0.335 e. The lowest BCUT2D eigenvalue weighted by Crippen LogP contribution is -2.28. The predicted molar refractivity (Wildman–Crippen MR) is 106 cm³/mol. The SMILES string of the molecule is CC(NC(=O)c1cn(C(=O)NCc2ccc(F)cc2)cn1)c1ccc(C(=O)O)cc1. The van der Waals surface area contributed by atoms with E-state index >= 15 is 0 Å².